The Kier molecular flexibility index (Phi) is 8.00. The molecule has 22 heavy (non-hydrogen) atoms. The topological polar surface area (TPSA) is 81.9 Å². The fraction of sp³-hybridized carbons (Fsp3) is 0.643. The molecule has 1 aromatic heterocycles. The molecule has 0 amide bonds. The van der Waals surface area contributed by atoms with Crippen molar-refractivity contribution in [3.05, 3.63) is 27.1 Å². The van der Waals surface area contributed by atoms with Gasteiger partial charge in [0.25, 0.3) is 0 Å². The van der Waals surface area contributed by atoms with E-state index in [0.29, 0.717) is 19.7 Å². The number of ether oxygens (including phenoxy) is 2. The summed E-state index contributed by atoms with van der Waals surface area (Å²) in [5.41, 5.74) is 0.815. The number of esters is 1. The third kappa shape index (κ3) is 5.36. The van der Waals surface area contributed by atoms with E-state index in [4.69, 9.17) is 9.47 Å². The average Bonchev–Trinajstić information content (AvgIpc) is 2.93. The zero-order chi connectivity index (χ0) is 16.5. The van der Waals surface area contributed by atoms with Crippen LogP contribution >= 0.6 is 11.3 Å². The van der Waals surface area contributed by atoms with Crippen molar-refractivity contribution in [2.24, 2.45) is 0 Å². The Morgan fingerprint density at radius 3 is 2.73 bits per heavy atom. The molecule has 0 spiro atoms. The largest absolute Gasteiger partial charge is 0.465 e. The Hall–Kier alpha value is -1.51. The molecule has 0 bridgehead atoms. The molecule has 0 aliphatic rings. The van der Waals surface area contributed by atoms with Crippen LogP contribution in [0, 0.1) is 10.1 Å². The summed E-state index contributed by atoms with van der Waals surface area (Å²) in [4.78, 5) is 24.4. The van der Waals surface area contributed by atoms with Gasteiger partial charge in [0.05, 0.1) is 18.1 Å². The van der Waals surface area contributed by atoms with Gasteiger partial charge < -0.3 is 9.47 Å². The smallest absolute Gasteiger partial charge is 0.325 e. The van der Waals surface area contributed by atoms with Crippen LogP contribution in [-0.4, -0.2) is 48.7 Å². The molecule has 8 heteroatoms. The minimum absolute atomic E-state index is 0.103. The molecule has 1 atom stereocenters. The summed E-state index contributed by atoms with van der Waals surface area (Å²) in [7, 11) is 1.53. The summed E-state index contributed by atoms with van der Waals surface area (Å²) in [5.74, 6) is -0.331. The molecular formula is C14H22N2O5S. The normalized spacial score (nSPS) is 12.4. The fourth-order valence-electron chi connectivity index (χ4n) is 2.13. The van der Waals surface area contributed by atoms with Crippen LogP contribution in [0.2, 0.25) is 0 Å². The van der Waals surface area contributed by atoms with Crippen LogP contribution < -0.4 is 0 Å². The van der Waals surface area contributed by atoms with Crippen molar-refractivity contribution in [3.8, 4) is 0 Å². The Labute approximate surface area is 134 Å². The first kappa shape index (κ1) is 18.5. The average molecular weight is 330 g/mol. The molecule has 1 heterocycles. The van der Waals surface area contributed by atoms with Gasteiger partial charge in [-0.05, 0) is 25.5 Å². The van der Waals surface area contributed by atoms with E-state index in [1.54, 1.807) is 18.4 Å². The van der Waals surface area contributed by atoms with Gasteiger partial charge in [-0.3, -0.25) is 19.8 Å². The third-order valence-electron chi connectivity index (χ3n) is 3.04. The van der Waals surface area contributed by atoms with E-state index in [-0.39, 0.29) is 17.6 Å². The number of nitro groups is 1. The number of thiophene rings is 1. The second kappa shape index (κ2) is 9.50. The molecule has 0 aliphatic heterocycles. The maximum absolute atomic E-state index is 12.1. The van der Waals surface area contributed by atoms with Crippen LogP contribution in [-0.2, 0) is 20.8 Å². The van der Waals surface area contributed by atoms with Crippen LogP contribution in [0.3, 0.4) is 0 Å². The molecule has 0 unspecified atom stereocenters. The molecule has 0 N–H and O–H groups in total. The van der Waals surface area contributed by atoms with Gasteiger partial charge in [0, 0.05) is 25.1 Å². The molecule has 7 nitrogen and oxygen atoms in total. The van der Waals surface area contributed by atoms with Crippen LogP contribution in [0.15, 0.2) is 11.4 Å². The zero-order valence-electron chi connectivity index (χ0n) is 13.1. The first-order chi connectivity index (χ1) is 10.5. The van der Waals surface area contributed by atoms with Gasteiger partial charge in [-0.15, -0.1) is 0 Å². The lowest BCUT2D eigenvalue weighted by Crippen LogP contribution is -2.45. The van der Waals surface area contributed by atoms with Crippen molar-refractivity contribution in [1.29, 1.82) is 0 Å². The Balaban J connectivity index is 2.87. The van der Waals surface area contributed by atoms with E-state index >= 15 is 0 Å². The van der Waals surface area contributed by atoms with Gasteiger partial charge >= 0.3 is 11.0 Å². The van der Waals surface area contributed by atoms with Crippen molar-refractivity contribution in [3.63, 3.8) is 0 Å². The van der Waals surface area contributed by atoms with Gasteiger partial charge in [-0.25, -0.2) is 0 Å². The van der Waals surface area contributed by atoms with Crippen LogP contribution in [0.5, 0.6) is 0 Å². The minimum Gasteiger partial charge on any atom is -0.465 e. The highest BCUT2D eigenvalue weighted by Gasteiger charge is 2.27. The lowest BCUT2D eigenvalue weighted by molar-refractivity contribution is -0.380. The van der Waals surface area contributed by atoms with Crippen LogP contribution in [0.25, 0.3) is 0 Å². The number of hydrogen-bond acceptors (Lipinski definition) is 7. The fourth-order valence-corrected chi connectivity index (χ4v) is 2.85. The maximum Gasteiger partial charge on any atom is 0.325 e. The first-order valence-electron chi connectivity index (χ1n) is 7.14. The van der Waals surface area contributed by atoms with E-state index in [2.05, 4.69) is 0 Å². The second-order valence-electron chi connectivity index (χ2n) is 4.74. The molecule has 1 rings (SSSR count). The summed E-state index contributed by atoms with van der Waals surface area (Å²) in [6.07, 6.45) is 0.853. The first-order valence-corrected chi connectivity index (χ1v) is 8.02. The number of hydrogen-bond donors (Lipinski definition) is 0. The highest BCUT2D eigenvalue weighted by molar-refractivity contribution is 7.13. The predicted octanol–water partition coefficient (Wildman–Crippen LogP) is 2.45. The van der Waals surface area contributed by atoms with E-state index in [0.717, 1.165) is 23.3 Å². The number of methoxy groups -OCH3 is 1. The Morgan fingerprint density at radius 1 is 1.50 bits per heavy atom. The number of carbonyl (C=O) groups is 1. The van der Waals surface area contributed by atoms with Gasteiger partial charge in [0.15, 0.2) is 0 Å². The molecular weight excluding hydrogens is 308 g/mol. The van der Waals surface area contributed by atoms with Gasteiger partial charge in [0.2, 0.25) is 0 Å². The molecule has 1 aromatic rings. The Morgan fingerprint density at radius 2 is 2.23 bits per heavy atom. The maximum atomic E-state index is 12.1. The standard InChI is InChI=1S/C14H22N2O5S/c1-4-6-15(12(9-20-3)14(17)21-5-2)8-11-7-13(16(18)19)22-10-11/h7,10,12H,4-6,8-9H2,1-3H3/t12-/m1/s1. The Bertz CT molecular complexity index is 491. The van der Waals surface area contributed by atoms with Gasteiger partial charge in [-0.1, -0.05) is 18.3 Å². The van der Waals surface area contributed by atoms with E-state index in [1.807, 2.05) is 11.8 Å². The summed E-state index contributed by atoms with van der Waals surface area (Å²) in [5, 5.41) is 12.6. The highest BCUT2D eigenvalue weighted by atomic mass is 32.1. The van der Waals surface area contributed by atoms with Gasteiger partial charge in [0.1, 0.15) is 6.04 Å². The van der Waals surface area contributed by atoms with E-state index in [1.165, 1.54) is 7.11 Å². The lowest BCUT2D eigenvalue weighted by atomic mass is 10.2. The summed E-state index contributed by atoms with van der Waals surface area (Å²) < 4.78 is 10.2. The number of nitrogens with zero attached hydrogens (tertiary/aromatic N) is 2. The number of carbonyl (C=O) groups excluding carboxylic acids is 1. The molecule has 0 saturated heterocycles. The third-order valence-corrected chi connectivity index (χ3v) is 3.97. The molecule has 124 valence electrons. The van der Waals surface area contributed by atoms with Crippen molar-refractivity contribution in [2.75, 3.05) is 26.9 Å². The molecule has 0 fully saturated rings. The van der Waals surface area contributed by atoms with Crippen molar-refractivity contribution >= 4 is 22.3 Å². The number of rotatable bonds is 10. The highest BCUT2D eigenvalue weighted by Crippen LogP contribution is 2.24. The van der Waals surface area contributed by atoms with Crippen molar-refractivity contribution in [2.45, 2.75) is 32.9 Å². The molecule has 0 aliphatic carbocycles. The van der Waals surface area contributed by atoms with Crippen molar-refractivity contribution in [1.82, 2.24) is 4.90 Å². The van der Waals surface area contributed by atoms with E-state index < -0.39 is 11.0 Å². The lowest BCUT2D eigenvalue weighted by Gasteiger charge is -2.29. The van der Waals surface area contributed by atoms with Crippen LogP contribution in [0.1, 0.15) is 25.8 Å². The SMILES string of the molecule is CCCN(Cc1csc([N+](=O)[O-])c1)[C@H](COC)C(=O)OCC. The molecule has 0 radical (unpaired) electrons. The summed E-state index contributed by atoms with van der Waals surface area (Å²) in [6.45, 7) is 5.43. The second-order valence-corrected chi connectivity index (χ2v) is 5.63. The van der Waals surface area contributed by atoms with E-state index in [9.17, 15) is 14.9 Å². The van der Waals surface area contributed by atoms with Crippen LogP contribution in [0.4, 0.5) is 5.00 Å². The summed E-state index contributed by atoms with van der Waals surface area (Å²) >= 11 is 1.09. The molecule has 0 aromatic carbocycles. The monoisotopic (exact) mass is 330 g/mol. The summed E-state index contributed by atoms with van der Waals surface area (Å²) in [6, 6.07) is 1.03. The minimum atomic E-state index is -0.510. The molecule has 0 saturated carbocycles. The van der Waals surface area contributed by atoms with Crippen molar-refractivity contribution < 1.29 is 19.2 Å². The zero-order valence-corrected chi connectivity index (χ0v) is 13.9. The van der Waals surface area contributed by atoms with Gasteiger partial charge in [-0.2, -0.15) is 0 Å². The predicted molar refractivity (Wildman–Crippen MR) is 84.0 cm³/mol. The quantitative estimate of drug-likeness (QED) is 0.372.